The van der Waals surface area contributed by atoms with Gasteiger partial charge in [-0.15, -0.1) is 0 Å². The fraction of sp³-hybridized carbons (Fsp3) is 0.750. The predicted molar refractivity (Wildman–Crippen MR) is 47.5 cm³/mol. The van der Waals surface area contributed by atoms with Gasteiger partial charge in [-0.2, -0.15) is 5.06 Å². The molecule has 0 aromatic rings. The summed E-state index contributed by atoms with van der Waals surface area (Å²) in [5.41, 5.74) is 0. The van der Waals surface area contributed by atoms with Crippen molar-refractivity contribution in [2.24, 2.45) is 0 Å². The van der Waals surface area contributed by atoms with E-state index in [1.807, 2.05) is 0 Å². The number of nitrogens with zero attached hydrogens (tertiary/aromatic N) is 2. The van der Waals surface area contributed by atoms with Gasteiger partial charge < -0.3 is 4.74 Å². The third kappa shape index (κ3) is 2.57. The Labute approximate surface area is 87.1 Å². The van der Waals surface area contributed by atoms with Gasteiger partial charge in [0.05, 0.1) is 13.7 Å². The molecule has 1 saturated heterocycles. The van der Waals surface area contributed by atoms with E-state index in [9.17, 15) is 14.8 Å². The molecule has 15 heavy (non-hydrogen) atoms. The van der Waals surface area contributed by atoms with Crippen LogP contribution >= 0.6 is 0 Å². The van der Waals surface area contributed by atoms with Crippen LogP contribution in [0.2, 0.25) is 0 Å². The van der Waals surface area contributed by atoms with Gasteiger partial charge in [-0.05, 0) is 0 Å². The average Bonchev–Trinajstić information content (AvgIpc) is 2.25. The van der Waals surface area contributed by atoms with E-state index in [-0.39, 0.29) is 13.0 Å². The molecule has 0 bridgehead atoms. The molecule has 0 aliphatic carbocycles. The standard InChI is InChI=1S/C8H14N2O5/c1-3-7(11)15-6-4-5-9(14-2)8(12)10(6)13/h6,13H,3-5H2,1-2H3. The first kappa shape index (κ1) is 11.7. The molecule has 0 radical (unpaired) electrons. The van der Waals surface area contributed by atoms with Crippen molar-refractivity contribution in [2.75, 3.05) is 13.7 Å². The summed E-state index contributed by atoms with van der Waals surface area (Å²) in [6, 6.07) is -0.738. The van der Waals surface area contributed by atoms with Gasteiger partial charge in [0, 0.05) is 12.8 Å². The molecule has 0 spiro atoms. The molecule has 0 aromatic carbocycles. The first-order valence-corrected chi connectivity index (χ1v) is 4.63. The fourth-order valence-corrected chi connectivity index (χ4v) is 1.20. The van der Waals surface area contributed by atoms with Crippen LogP contribution in [0.25, 0.3) is 0 Å². The number of urea groups is 1. The minimum absolute atomic E-state index is 0.201. The van der Waals surface area contributed by atoms with Crippen LogP contribution in [0.3, 0.4) is 0 Å². The van der Waals surface area contributed by atoms with Crippen LogP contribution in [0.15, 0.2) is 0 Å². The van der Waals surface area contributed by atoms with Crippen molar-refractivity contribution in [3.63, 3.8) is 0 Å². The molecule has 1 unspecified atom stereocenters. The van der Waals surface area contributed by atoms with Crippen LogP contribution < -0.4 is 0 Å². The highest BCUT2D eigenvalue weighted by Gasteiger charge is 2.35. The minimum atomic E-state index is -0.920. The highest BCUT2D eigenvalue weighted by atomic mass is 16.7. The maximum absolute atomic E-state index is 11.3. The van der Waals surface area contributed by atoms with Crippen LogP contribution in [0, 0.1) is 0 Å². The Balaban J connectivity index is 2.56. The number of esters is 1. The van der Waals surface area contributed by atoms with Crippen LogP contribution in [-0.2, 0) is 14.4 Å². The van der Waals surface area contributed by atoms with Gasteiger partial charge in [-0.1, -0.05) is 6.92 Å². The van der Waals surface area contributed by atoms with Gasteiger partial charge in [0.1, 0.15) is 0 Å². The zero-order chi connectivity index (χ0) is 11.4. The van der Waals surface area contributed by atoms with Crippen molar-refractivity contribution in [3.8, 4) is 0 Å². The molecule has 1 aliphatic heterocycles. The van der Waals surface area contributed by atoms with Crippen molar-refractivity contribution in [1.82, 2.24) is 10.1 Å². The summed E-state index contributed by atoms with van der Waals surface area (Å²) in [4.78, 5) is 27.0. The van der Waals surface area contributed by atoms with Crippen molar-refractivity contribution in [2.45, 2.75) is 26.0 Å². The van der Waals surface area contributed by atoms with Gasteiger partial charge in [0.25, 0.3) is 0 Å². The molecule has 1 N–H and O–H groups in total. The number of hydrogen-bond donors (Lipinski definition) is 1. The molecule has 86 valence electrons. The topological polar surface area (TPSA) is 79.3 Å². The zero-order valence-electron chi connectivity index (χ0n) is 8.67. The van der Waals surface area contributed by atoms with Gasteiger partial charge >= 0.3 is 12.0 Å². The lowest BCUT2D eigenvalue weighted by molar-refractivity contribution is -0.233. The Morgan fingerprint density at radius 3 is 2.87 bits per heavy atom. The number of ether oxygens (including phenoxy) is 1. The molecular formula is C8H14N2O5. The van der Waals surface area contributed by atoms with E-state index in [1.54, 1.807) is 6.92 Å². The summed E-state index contributed by atoms with van der Waals surface area (Å²) in [7, 11) is 1.32. The van der Waals surface area contributed by atoms with Crippen molar-refractivity contribution < 1.29 is 24.4 Å². The quantitative estimate of drug-likeness (QED) is 0.546. The second kappa shape index (κ2) is 4.94. The third-order valence-electron chi connectivity index (χ3n) is 2.04. The molecule has 1 fully saturated rings. The normalized spacial score (nSPS) is 21.8. The molecule has 1 rings (SSSR count). The van der Waals surface area contributed by atoms with Gasteiger partial charge in [-0.25, -0.2) is 9.86 Å². The SMILES string of the molecule is CCC(=O)OC1CCN(OC)C(=O)N1O. The second-order valence-corrected chi connectivity index (χ2v) is 3.00. The monoisotopic (exact) mass is 218 g/mol. The number of rotatable bonds is 3. The van der Waals surface area contributed by atoms with E-state index in [0.29, 0.717) is 11.5 Å². The molecule has 2 amide bonds. The molecule has 1 aliphatic rings. The van der Waals surface area contributed by atoms with Crippen LogP contribution in [0.5, 0.6) is 0 Å². The predicted octanol–water partition coefficient (Wildman–Crippen LogP) is 0.344. The molecule has 7 heteroatoms. The summed E-state index contributed by atoms with van der Waals surface area (Å²) in [6.07, 6.45) is -0.412. The van der Waals surface area contributed by atoms with Crippen LogP contribution in [0.4, 0.5) is 4.79 Å². The highest BCUT2D eigenvalue weighted by Crippen LogP contribution is 2.15. The van der Waals surface area contributed by atoms with E-state index in [2.05, 4.69) is 0 Å². The van der Waals surface area contributed by atoms with Gasteiger partial charge in [0.2, 0.25) is 6.23 Å². The van der Waals surface area contributed by atoms with E-state index < -0.39 is 18.2 Å². The smallest absolute Gasteiger partial charge is 0.371 e. The van der Waals surface area contributed by atoms with E-state index in [1.165, 1.54) is 7.11 Å². The van der Waals surface area contributed by atoms with E-state index in [4.69, 9.17) is 9.57 Å². The minimum Gasteiger partial charge on any atom is -0.439 e. The molecule has 0 saturated carbocycles. The van der Waals surface area contributed by atoms with Crippen LogP contribution in [0.1, 0.15) is 19.8 Å². The van der Waals surface area contributed by atoms with Crippen molar-refractivity contribution in [1.29, 1.82) is 0 Å². The molecule has 1 atom stereocenters. The molecular weight excluding hydrogens is 204 g/mol. The van der Waals surface area contributed by atoms with E-state index >= 15 is 0 Å². The van der Waals surface area contributed by atoms with Gasteiger partial charge in [-0.3, -0.25) is 14.8 Å². The lowest BCUT2D eigenvalue weighted by atomic mass is 10.3. The third-order valence-corrected chi connectivity index (χ3v) is 2.04. The lowest BCUT2D eigenvalue weighted by Crippen LogP contribution is -2.53. The maximum Gasteiger partial charge on any atom is 0.371 e. The first-order chi connectivity index (χ1) is 7.10. The highest BCUT2D eigenvalue weighted by molar-refractivity contribution is 5.74. The Morgan fingerprint density at radius 2 is 2.33 bits per heavy atom. The molecule has 0 aromatic heterocycles. The number of hydrogen-bond acceptors (Lipinski definition) is 5. The van der Waals surface area contributed by atoms with Crippen molar-refractivity contribution in [3.05, 3.63) is 0 Å². The summed E-state index contributed by atoms with van der Waals surface area (Å²) >= 11 is 0. The van der Waals surface area contributed by atoms with Crippen molar-refractivity contribution >= 4 is 12.0 Å². The molecule has 1 heterocycles. The summed E-state index contributed by atoms with van der Waals surface area (Å²) in [5.74, 6) is -0.460. The number of hydroxylamine groups is 4. The largest absolute Gasteiger partial charge is 0.439 e. The lowest BCUT2D eigenvalue weighted by Gasteiger charge is -2.34. The summed E-state index contributed by atoms with van der Waals surface area (Å²) in [5, 5.41) is 10.7. The zero-order valence-corrected chi connectivity index (χ0v) is 8.67. The Morgan fingerprint density at radius 1 is 1.67 bits per heavy atom. The maximum atomic E-state index is 11.3. The Hall–Kier alpha value is -1.34. The average molecular weight is 218 g/mol. The summed E-state index contributed by atoms with van der Waals surface area (Å²) < 4.78 is 4.85. The summed E-state index contributed by atoms with van der Waals surface area (Å²) in [6.45, 7) is 1.91. The Kier molecular flexibility index (Phi) is 3.87. The number of carbonyl (C=O) groups is 2. The number of amides is 2. The van der Waals surface area contributed by atoms with Crippen LogP contribution in [-0.4, -0.2) is 47.2 Å². The second-order valence-electron chi connectivity index (χ2n) is 3.00. The fourth-order valence-electron chi connectivity index (χ4n) is 1.20. The van der Waals surface area contributed by atoms with Gasteiger partial charge in [0.15, 0.2) is 0 Å². The Bertz CT molecular complexity index is 257. The molecule has 7 nitrogen and oxygen atoms in total. The first-order valence-electron chi connectivity index (χ1n) is 4.63. The number of carbonyl (C=O) groups excluding carboxylic acids is 2. The van der Waals surface area contributed by atoms with E-state index in [0.717, 1.165) is 5.06 Å².